The van der Waals surface area contributed by atoms with Crippen LogP contribution < -0.4 is 0 Å². The second-order valence-corrected chi connectivity index (χ2v) is 4.18. The molecular formula is C12H14O. The van der Waals surface area contributed by atoms with Gasteiger partial charge in [0.05, 0.1) is 6.10 Å². The van der Waals surface area contributed by atoms with Crippen LogP contribution in [0.4, 0.5) is 0 Å². The van der Waals surface area contributed by atoms with Crippen LogP contribution in [0, 0.1) is 0 Å². The standard InChI is InChI=1S/C12H14O/c13-11-7-9-5-1-3-8-4-2-6-10(11)12(8)9/h4,6,11,13H,1-3,5,7H2. The molecule has 0 spiro atoms. The van der Waals surface area contributed by atoms with Crippen LogP contribution in [-0.2, 0) is 0 Å². The molecule has 1 heteroatoms. The van der Waals surface area contributed by atoms with Gasteiger partial charge in [-0.2, -0.15) is 0 Å². The van der Waals surface area contributed by atoms with Crippen molar-refractivity contribution < 1.29 is 5.11 Å². The summed E-state index contributed by atoms with van der Waals surface area (Å²) in [6.07, 6.45) is 9.98. The van der Waals surface area contributed by atoms with Gasteiger partial charge in [0.15, 0.2) is 0 Å². The van der Waals surface area contributed by atoms with E-state index in [1.165, 1.54) is 41.6 Å². The maximum atomic E-state index is 9.83. The molecule has 3 aliphatic carbocycles. The minimum Gasteiger partial charge on any atom is -0.388 e. The van der Waals surface area contributed by atoms with Crippen LogP contribution in [-0.4, -0.2) is 11.2 Å². The zero-order valence-corrected chi connectivity index (χ0v) is 7.71. The topological polar surface area (TPSA) is 20.2 Å². The van der Waals surface area contributed by atoms with Gasteiger partial charge in [0.2, 0.25) is 0 Å². The van der Waals surface area contributed by atoms with E-state index in [-0.39, 0.29) is 6.10 Å². The van der Waals surface area contributed by atoms with Crippen LogP contribution in [0.3, 0.4) is 0 Å². The first-order chi connectivity index (χ1) is 6.36. The lowest BCUT2D eigenvalue weighted by Gasteiger charge is -2.21. The third kappa shape index (κ3) is 0.969. The lowest BCUT2D eigenvalue weighted by molar-refractivity contribution is 0.220. The minimum atomic E-state index is -0.188. The maximum Gasteiger partial charge on any atom is 0.0830 e. The van der Waals surface area contributed by atoms with Crippen molar-refractivity contribution in [3.63, 3.8) is 0 Å². The average Bonchev–Trinajstić information content (AvgIpc) is 2.47. The van der Waals surface area contributed by atoms with Crippen molar-refractivity contribution in [2.24, 2.45) is 0 Å². The van der Waals surface area contributed by atoms with Crippen molar-refractivity contribution in [1.29, 1.82) is 0 Å². The van der Waals surface area contributed by atoms with E-state index in [9.17, 15) is 5.11 Å². The van der Waals surface area contributed by atoms with Crippen LogP contribution in [0.25, 0.3) is 0 Å². The van der Waals surface area contributed by atoms with Gasteiger partial charge >= 0.3 is 0 Å². The van der Waals surface area contributed by atoms with Crippen LogP contribution >= 0.6 is 0 Å². The molecule has 0 bridgehead atoms. The zero-order chi connectivity index (χ0) is 8.84. The van der Waals surface area contributed by atoms with Gasteiger partial charge in [-0.1, -0.05) is 17.7 Å². The Labute approximate surface area is 78.5 Å². The molecule has 1 N–H and O–H groups in total. The molecule has 0 aliphatic heterocycles. The normalized spacial score (nSPS) is 31.3. The first kappa shape index (κ1) is 7.57. The number of hydrogen-bond acceptors (Lipinski definition) is 1. The summed E-state index contributed by atoms with van der Waals surface area (Å²) in [5.41, 5.74) is 5.68. The minimum absolute atomic E-state index is 0.188. The van der Waals surface area contributed by atoms with E-state index >= 15 is 0 Å². The second-order valence-electron chi connectivity index (χ2n) is 4.18. The van der Waals surface area contributed by atoms with Gasteiger partial charge in [-0.05, 0) is 48.8 Å². The number of aliphatic hydroxyl groups excluding tert-OH is 1. The van der Waals surface area contributed by atoms with E-state index in [0.717, 1.165) is 12.8 Å². The fraction of sp³-hybridized carbons (Fsp3) is 0.500. The van der Waals surface area contributed by atoms with Crippen LogP contribution in [0.5, 0.6) is 0 Å². The fourth-order valence-electron chi connectivity index (χ4n) is 2.84. The smallest absolute Gasteiger partial charge is 0.0830 e. The molecule has 0 aromatic heterocycles. The summed E-state index contributed by atoms with van der Waals surface area (Å²) in [6.45, 7) is 0. The van der Waals surface area contributed by atoms with Crippen molar-refractivity contribution in [2.75, 3.05) is 0 Å². The predicted molar refractivity (Wildman–Crippen MR) is 52.3 cm³/mol. The van der Waals surface area contributed by atoms with E-state index in [0.29, 0.717) is 0 Å². The van der Waals surface area contributed by atoms with Gasteiger partial charge in [-0.25, -0.2) is 0 Å². The van der Waals surface area contributed by atoms with E-state index in [1.807, 2.05) is 0 Å². The van der Waals surface area contributed by atoms with Crippen molar-refractivity contribution >= 4 is 0 Å². The molecule has 68 valence electrons. The Bertz CT molecular complexity index is 344. The summed E-state index contributed by atoms with van der Waals surface area (Å²) >= 11 is 0. The first-order valence-corrected chi connectivity index (χ1v) is 5.16. The summed E-state index contributed by atoms with van der Waals surface area (Å²) in [5, 5.41) is 9.83. The molecule has 0 aromatic carbocycles. The highest BCUT2D eigenvalue weighted by Gasteiger charge is 2.32. The number of hydrogen-bond donors (Lipinski definition) is 1. The summed E-state index contributed by atoms with van der Waals surface area (Å²) in [7, 11) is 0. The third-order valence-corrected chi connectivity index (χ3v) is 3.39. The SMILES string of the molecule is OC1CC2=C3C(=CCC=C31)CCC2. The number of allylic oxidation sites excluding steroid dienone is 3. The number of aliphatic hydroxyl groups is 1. The van der Waals surface area contributed by atoms with Crippen molar-refractivity contribution in [1.82, 2.24) is 0 Å². The van der Waals surface area contributed by atoms with Crippen molar-refractivity contribution in [2.45, 2.75) is 38.2 Å². The highest BCUT2D eigenvalue weighted by molar-refractivity contribution is 5.59. The Morgan fingerprint density at radius 1 is 1.23 bits per heavy atom. The van der Waals surface area contributed by atoms with Gasteiger partial charge in [-0.3, -0.25) is 0 Å². The van der Waals surface area contributed by atoms with E-state index in [1.54, 1.807) is 0 Å². The quantitative estimate of drug-likeness (QED) is 0.598. The highest BCUT2D eigenvalue weighted by Crippen LogP contribution is 2.45. The summed E-state index contributed by atoms with van der Waals surface area (Å²) in [5.74, 6) is 0. The van der Waals surface area contributed by atoms with Gasteiger partial charge in [0.25, 0.3) is 0 Å². The highest BCUT2D eigenvalue weighted by atomic mass is 16.3. The third-order valence-electron chi connectivity index (χ3n) is 3.39. The molecule has 0 fully saturated rings. The molecule has 0 aromatic rings. The largest absolute Gasteiger partial charge is 0.388 e. The molecule has 1 nitrogen and oxygen atoms in total. The molecule has 0 saturated carbocycles. The molecule has 0 heterocycles. The summed E-state index contributed by atoms with van der Waals surface area (Å²) in [4.78, 5) is 0. The van der Waals surface area contributed by atoms with Crippen LogP contribution in [0.15, 0.2) is 34.4 Å². The zero-order valence-electron chi connectivity index (χ0n) is 7.71. The first-order valence-electron chi connectivity index (χ1n) is 5.16. The summed E-state index contributed by atoms with van der Waals surface area (Å²) < 4.78 is 0. The van der Waals surface area contributed by atoms with Crippen molar-refractivity contribution in [3.8, 4) is 0 Å². The molecular weight excluding hydrogens is 160 g/mol. The lowest BCUT2D eigenvalue weighted by Crippen LogP contribution is -2.08. The predicted octanol–water partition coefficient (Wildman–Crippen LogP) is 2.49. The van der Waals surface area contributed by atoms with Crippen molar-refractivity contribution in [3.05, 3.63) is 34.4 Å². The molecule has 13 heavy (non-hydrogen) atoms. The molecule has 3 aliphatic rings. The van der Waals surface area contributed by atoms with Gasteiger partial charge in [-0.15, -0.1) is 0 Å². The monoisotopic (exact) mass is 174 g/mol. The fourth-order valence-corrected chi connectivity index (χ4v) is 2.84. The van der Waals surface area contributed by atoms with Crippen LogP contribution in [0.2, 0.25) is 0 Å². The Morgan fingerprint density at radius 2 is 2.15 bits per heavy atom. The summed E-state index contributed by atoms with van der Waals surface area (Å²) in [6, 6.07) is 0. The molecule has 1 atom stereocenters. The van der Waals surface area contributed by atoms with Crippen LogP contribution in [0.1, 0.15) is 32.1 Å². The van der Waals surface area contributed by atoms with E-state index in [4.69, 9.17) is 0 Å². The van der Waals surface area contributed by atoms with Gasteiger partial charge in [0, 0.05) is 0 Å². The van der Waals surface area contributed by atoms with Gasteiger partial charge < -0.3 is 5.11 Å². The Kier molecular flexibility index (Phi) is 1.50. The average molecular weight is 174 g/mol. The molecule has 0 amide bonds. The van der Waals surface area contributed by atoms with E-state index < -0.39 is 0 Å². The Hall–Kier alpha value is -0.820. The number of rotatable bonds is 0. The molecule has 0 radical (unpaired) electrons. The second kappa shape index (κ2) is 2.58. The molecule has 3 rings (SSSR count). The van der Waals surface area contributed by atoms with Gasteiger partial charge in [0.1, 0.15) is 0 Å². The molecule has 1 unspecified atom stereocenters. The Morgan fingerprint density at radius 3 is 3.08 bits per heavy atom. The Balaban J connectivity index is 2.14. The van der Waals surface area contributed by atoms with E-state index in [2.05, 4.69) is 12.2 Å². The molecule has 0 saturated heterocycles. The maximum absolute atomic E-state index is 9.83. The lowest BCUT2D eigenvalue weighted by atomic mass is 9.84.